The van der Waals surface area contributed by atoms with Crippen molar-refractivity contribution in [3.05, 3.63) is 29.8 Å². The largest absolute Gasteiger partial charge is 0.573 e. The van der Waals surface area contributed by atoms with Crippen LogP contribution in [0.15, 0.2) is 24.3 Å². The van der Waals surface area contributed by atoms with Crippen LogP contribution in [0.5, 0.6) is 5.75 Å². The second kappa shape index (κ2) is 7.52. The standard InChI is InChI=1S/C15H16F3NO5/c16-15(17,18)24-11-3-1-9(2-4-11)12(7-13(20)21)19-14(22)10-5-6-23-8-10/h1-4,10,12H,5-8H2,(H,19,22)(H,20,21). The van der Waals surface area contributed by atoms with Crippen molar-refractivity contribution in [2.75, 3.05) is 13.2 Å². The molecule has 1 saturated heterocycles. The number of rotatable bonds is 6. The quantitative estimate of drug-likeness (QED) is 0.824. The number of hydrogen-bond acceptors (Lipinski definition) is 4. The second-order valence-electron chi connectivity index (χ2n) is 5.34. The molecule has 0 saturated carbocycles. The van der Waals surface area contributed by atoms with Crippen LogP contribution in [-0.4, -0.2) is 36.6 Å². The SMILES string of the molecule is O=C(O)CC(NC(=O)C1CCOC1)c1ccc(OC(F)(F)F)cc1. The van der Waals surface area contributed by atoms with E-state index in [1.807, 2.05) is 0 Å². The van der Waals surface area contributed by atoms with E-state index in [-0.39, 0.29) is 18.4 Å². The first-order valence-electron chi connectivity index (χ1n) is 7.20. The molecule has 1 fully saturated rings. The zero-order chi connectivity index (χ0) is 17.7. The van der Waals surface area contributed by atoms with Crippen molar-refractivity contribution in [3.63, 3.8) is 0 Å². The molecule has 1 aliphatic rings. The van der Waals surface area contributed by atoms with Crippen LogP contribution < -0.4 is 10.1 Å². The van der Waals surface area contributed by atoms with E-state index in [2.05, 4.69) is 10.1 Å². The average molecular weight is 347 g/mol. The monoisotopic (exact) mass is 347 g/mol. The van der Waals surface area contributed by atoms with Gasteiger partial charge in [-0.15, -0.1) is 13.2 Å². The Morgan fingerprint density at radius 3 is 2.50 bits per heavy atom. The number of carbonyl (C=O) groups excluding carboxylic acids is 1. The number of benzene rings is 1. The van der Waals surface area contributed by atoms with Crippen molar-refractivity contribution in [2.45, 2.75) is 25.2 Å². The second-order valence-corrected chi connectivity index (χ2v) is 5.34. The molecule has 1 amide bonds. The summed E-state index contributed by atoms with van der Waals surface area (Å²) in [5.74, 6) is -2.25. The topological polar surface area (TPSA) is 84.9 Å². The van der Waals surface area contributed by atoms with Gasteiger partial charge in [-0.05, 0) is 24.1 Å². The molecule has 132 valence electrons. The smallest absolute Gasteiger partial charge is 0.481 e. The van der Waals surface area contributed by atoms with Crippen LogP contribution >= 0.6 is 0 Å². The summed E-state index contributed by atoms with van der Waals surface area (Å²) in [7, 11) is 0. The summed E-state index contributed by atoms with van der Waals surface area (Å²) in [6, 6.07) is 3.88. The first kappa shape index (κ1) is 18.1. The van der Waals surface area contributed by atoms with Crippen molar-refractivity contribution in [2.24, 2.45) is 5.92 Å². The fourth-order valence-electron chi connectivity index (χ4n) is 2.36. The summed E-state index contributed by atoms with van der Waals surface area (Å²) < 4.78 is 45.3. The van der Waals surface area contributed by atoms with Gasteiger partial charge in [-0.25, -0.2) is 0 Å². The predicted octanol–water partition coefficient (Wildman–Crippen LogP) is 2.25. The van der Waals surface area contributed by atoms with E-state index < -0.39 is 30.5 Å². The number of halogens is 3. The summed E-state index contributed by atoms with van der Waals surface area (Å²) in [5.41, 5.74) is 0.374. The van der Waals surface area contributed by atoms with Gasteiger partial charge in [0, 0.05) is 6.61 Å². The fourth-order valence-corrected chi connectivity index (χ4v) is 2.36. The van der Waals surface area contributed by atoms with Crippen molar-refractivity contribution >= 4 is 11.9 Å². The number of hydrogen-bond donors (Lipinski definition) is 2. The molecule has 0 aliphatic carbocycles. The molecule has 0 bridgehead atoms. The lowest BCUT2D eigenvalue weighted by atomic mass is 10.0. The average Bonchev–Trinajstić information content (AvgIpc) is 2.99. The zero-order valence-electron chi connectivity index (χ0n) is 12.5. The van der Waals surface area contributed by atoms with E-state index in [1.54, 1.807) is 0 Å². The fraction of sp³-hybridized carbons (Fsp3) is 0.467. The molecule has 2 rings (SSSR count). The predicted molar refractivity (Wildman–Crippen MR) is 75.2 cm³/mol. The minimum absolute atomic E-state index is 0.268. The van der Waals surface area contributed by atoms with Gasteiger partial charge in [-0.1, -0.05) is 12.1 Å². The van der Waals surface area contributed by atoms with Crippen molar-refractivity contribution in [1.82, 2.24) is 5.32 Å². The summed E-state index contributed by atoms with van der Waals surface area (Å²) in [6.07, 6.45) is -4.65. The lowest BCUT2D eigenvalue weighted by molar-refractivity contribution is -0.274. The van der Waals surface area contributed by atoms with Gasteiger partial charge in [0.15, 0.2) is 0 Å². The summed E-state index contributed by atoms with van der Waals surface area (Å²) in [5, 5.41) is 11.6. The molecule has 0 spiro atoms. The van der Waals surface area contributed by atoms with E-state index in [0.717, 1.165) is 12.1 Å². The normalized spacial score (nSPS) is 18.9. The van der Waals surface area contributed by atoms with E-state index in [1.165, 1.54) is 12.1 Å². The van der Waals surface area contributed by atoms with Gasteiger partial charge in [0.05, 0.1) is 25.0 Å². The maximum atomic E-state index is 12.1. The minimum Gasteiger partial charge on any atom is -0.481 e. The molecule has 1 aromatic carbocycles. The van der Waals surface area contributed by atoms with Gasteiger partial charge in [0.1, 0.15) is 5.75 Å². The molecule has 1 aromatic rings. The molecular weight excluding hydrogens is 331 g/mol. The maximum Gasteiger partial charge on any atom is 0.573 e. The molecule has 0 aromatic heterocycles. The Hall–Kier alpha value is -2.29. The molecule has 9 heteroatoms. The number of nitrogens with one attached hydrogen (secondary N) is 1. The highest BCUT2D eigenvalue weighted by Crippen LogP contribution is 2.26. The molecule has 2 unspecified atom stereocenters. The number of alkyl halides is 3. The third-order valence-corrected chi connectivity index (χ3v) is 3.51. The molecule has 1 heterocycles. The minimum atomic E-state index is -4.81. The molecule has 1 aliphatic heterocycles. The maximum absolute atomic E-state index is 12.1. The Balaban J connectivity index is 2.08. The van der Waals surface area contributed by atoms with Crippen LogP contribution in [0.1, 0.15) is 24.4 Å². The molecule has 2 N–H and O–H groups in total. The van der Waals surface area contributed by atoms with Crippen LogP contribution in [0.25, 0.3) is 0 Å². The van der Waals surface area contributed by atoms with Gasteiger partial charge in [-0.2, -0.15) is 0 Å². The van der Waals surface area contributed by atoms with Crippen LogP contribution in [0.3, 0.4) is 0 Å². The highest BCUT2D eigenvalue weighted by atomic mass is 19.4. The zero-order valence-corrected chi connectivity index (χ0v) is 12.5. The van der Waals surface area contributed by atoms with Gasteiger partial charge in [0.2, 0.25) is 5.91 Å². The first-order valence-corrected chi connectivity index (χ1v) is 7.20. The molecular formula is C15H16F3NO5. The number of carbonyl (C=O) groups is 2. The van der Waals surface area contributed by atoms with Crippen molar-refractivity contribution in [3.8, 4) is 5.75 Å². The third kappa shape index (κ3) is 5.41. The summed E-state index contributed by atoms with van der Waals surface area (Å²) in [4.78, 5) is 23.1. The Kier molecular flexibility index (Phi) is 5.66. The number of carboxylic acids is 1. The third-order valence-electron chi connectivity index (χ3n) is 3.51. The van der Waals surface area contributed by atoms with Gasteiger partial charge in [0.25, 0.3) is 0 Å². The van der Waals surface area contributed by atoms with Crippen LogP contribution in [0, 0.1) is 5.92 Å². The van der Waals surface area contributed by atoms with Gasteiger partial charge >= 0.3 is 12.3 Å². The van der Waals surface area contributed by atoms with E-state index in [9.17, 15) is 22.8 Å². The molecule has 6 nitrogen and oxygen atoms in total. The summed E-state index contributed by atoms with van der Waals surface area (Å²) in [6.45, 7) is 0.731. The van der Waals surface area contributed by atoms with E-state index in [0.29, 0.717) is 18.6 Å². The highest BCUT2D eigenvalue weighted by molar-refractivity contribution is 5.80. The highest BCUT2D eigenvalue weighted by Gasteiger charge is 2.31. The van der Waals surface area contributed by atoms with Crippen molar-refractivity contribution in [1.29, 1.82) is 0 Å². The van der Waals surface area contributed by atoms with E-state index in [4.69, 9.17) is 9.84 Å². The Bertz CT molecular complexity index is 582. The van der Waals surface area contributed by atoms with Crippen LogP contribution in [0.2, 0.25) is 0 Å². The summed E-state index contributed by atoms with van der Waals surface area (Å²) >= 11 is 0. The van der Waals surface area contributed by atoms with Crippen LogP contribution in [0.4, 0.5) is 13.2 Å². The number of aliphatic carboxylic acids is 1. The van der Waals surface area contributed by atoms with Crippen LogP contribution in [-0.2, 0) is 14.3 Å². The Labute approximate surface area is 135 Å². The molecule has 2 atom stereocenters. The van der Waals surface area contributed by atoms with Gasteiger partial charge < -0.3 is 19.9 Å². The van der Waals surface area contributed by atoms with E-state index >= 15 is 0 Å². The lowest BCUT2D eigenvalue weighted by Crippen LogP contribution is -2.35. The number of ether oxygens (including phenoxy) is 2. The van der Waals surface area contributed by atoms with Crippen molar-refractivity contribution < 1.29 is 37.3 Å². The number of carboxylic acid groups (broad SMARTS) is 1. The molecule has 0 radical (unpaired) electrons. The molecule has 24 heavy (non-hydrogen) atoms. The number of amides is 1. The lowest BCUT2D eigenvalue weighted by Gasteiger charge is -2.20. The first-order chi connectivity index (χ1) is 11.2. The van der Waals surface area contributed by atoms with Gasteiger partial charge in [-0.3, -0.25) is 9.59 Å². The Morgan fingerprint density at radius 1 is 1.33 bits per heavy atom. The Morgan fingerprint density at radius 2 is 2.00 bits per heavy atom.